The lowest BCUT2D eigenvalue weighted by molar-refractivity contribution is 0.592. The van der Waals surface area contributed by atoms with Gasteiger partial charge < -0.3 is 4.57 Å². The van der Waals surface area contributed by atoms with Crippen molar-refractivity contribution in [2.45, 2.75) is 27.7 Å². The van der Waals surface area contributed by atoms with Crippen LogP contribution in [0.15, 0.2) is 328 Å². The molecule has 5 heterocycles. The SMILES string of the molecule is Cc1c2c(-c3cccc(-c4nc(-c5ccccc5)nc(-c5ccccc5)n4)c3)nc3ccccc3c2c(C)c2c(-c3ccccc3)nc3ccccc3c12.Cc1c2c(-c3cccc(P(=O)(c4ccccc4)c4ccccc4)c3)nc3ccccc3c2c(C)c2c(-c3ccccc3)nc3ccccc3c12. The molecule has 0 spiro atoms. The summed E-state index contributed by atoms with van der Waals surface area (Å²) in [6, 6.07) is 112. The van der Waals surface area contributed by atoms with Crippen LogP contribution in [0.5, 0.6) is 0 Å². The van der Waals surface area contributed by atoms with Gasteiger partial charge in [-0.2, -0.15) is 0 Å². The van der Waals surface area contributed by atoms with E-state index in [1.807, 2.05) is 146 Å². The maximum atomic E-state index is 15.5. The Labute approximate surface area is 602 Å². The van der Waals surface area contributed by atoms with E-state index in [9.17, 15) is 0 Å². The lowest BCUT2D eigenvalue weighted by atomic mass is 9.86. The van der Waals surface area contributed by atoms with Crippen LogP contribution in [-0.4, -0.2) is 34.9 Å². The van der Waals surface area contributed by atoms with Gasteiger partial charge in [0.05, 0.1) is 44.8 Å². The van der Waals surface area contributed by atoms with Gasteiger partial charge in [0.25, 0.3) is 0 Å². The molecule has 14 aromatic carbocycles. The topological polar surface area (TPSA) is 107 Å². The number of aryl methyl sites for hydroxylation is 4. The molecule has 0 fully saturated rings. The molecule has 19 rings (SSSR count). The molecule has 5 aromatic heterocycles. The van der Waals surface area contributed by atoms with E-state index in [0.717, 1.165) is 143 Å². The van der Waals surface area contributed by atoms with Crippen LogP contribution in [0, 0.1) is 27.7 Å². The maximum Gasteiger partial charge on any atom is 0.171 e. The van der Waals surface area contributed by atoms with Crippen LogP contribution in [0.1, 0.15) is 22.3 Å². The Morgan fingerprint density at radius 1 is 0.202 bits per heavy atom. The lowest BCUT2D eigenvalue weighted by Gasteiger charge is -2.22. The average molecular weight is 1350 g/mol. The van der Waals surface area contributed by atoms with Crippen molar-refractivity contribution < 1.29 is 4.57 Å². The van der Waals surface area contributed by atoms with Crippen molar-refractivity contribution in [3.8, 4) is 79.2 Å². The molecule has 0 aliphatic carbocycles. The fraction of sp³-hybridized carbons (Fsp3) is 0.0421. The molecule has 0 aliphatic rings. The van der Waals surface area contributed by atoms with Crippen LogP contribution in [0.2, 0.25) is 0 Å². The molecule has 0 unspecified atom stereocenters. The van der Waals surface area contributed by atoms with E-state index in [1.165, 1.54) is 43.6 Å². The Hall–Kier alpha value is -13.0. The van der Waals surface area contributed by atoms with Gasteiger partial charge in [-0.05, 0) is 108 Å². The van der Waals surface area contributed by atoms with Gasteiger partial charge in [-0.25, -0.2) is 34.9 Å². The van der Waals surface area contributed by atoms with Crippen molar-refractivity contribution in [1.29, 1.82) is 0 Å². The summed E-state index contributed by atoms with van der Waals surface area (Å²) in [5.41, 5.74) is 19.2. The number of hydrogen-bond acceptors (Lipinski definition) is 8. The van der Waals surface area contributed by atoms with Gasteiger partial charge in [0.2, 0.25) is 0 Å². The zero-order valence-electron chi connectivity index (χ0n) is 57.7. The largest absolute Gasteiger partial charge is 0.309 e. The van der Waals surface area contributed by atoms with Crippen LogP contribution < -0.4 is 15.9 Å². The minimum Gasteiger partial charge on any atom is -0.309 e. The molecule has 104 heavy (non-hydrogen) atoms. The highest BCUT2D eigenvalue weighted by Crippen LogP contribution is 2.49. The van der Waals surface area contributed by atoms with Gasteiger partial charge in [-0.3, -0.25) is 0 Å². The number of nitrogens with zero attached hydrogens (tertiary/aromatic N) is 7. The summed E-state index contributed by atoms with van der Waals surface area (Å²) in [7, 11) is -3.20. The first-order valence-electron chi connectivity index (χ1n) is 35.2. The molecule has 0 amide bonds. The first kappa shape index (κ1) is 63.2. The highest BCUT2D eigenvalue weighted by Gasteiger charge is 2.31. The van der Waals surface area contributed by atoms with Crippen molar-refractivity contribution in [3.05, 3.63) is 350 Å². The van der Waals surface area contributed by atoms with Crippen LogP contribution in [0.3, 0.4) is 0 Å². The van der Waals surface area contributed by atoms with Gasteiger partial charge in [0.15, 0.2) is 24.6 Å². The number of para-hydroxylation sites is 4. The quantitative estimate of drug-likeness (QED) is 0.0757. The molecule has 0 saturated carbocycles. The number of aromatic nitrogens is 7. The molecule has 19 aromatic rings. The second-order valence-corrected chi connectivity index (χ2v) is 29.4. The Balaban J connectivity index is 0.000000149. The summed E-state index contributed by atoms with van der Waals surface area (Å²) in [5, 5.41) is 16.2. The molecule has 0 atom stereocenters. The van der Waals surface area contributed by atoms with Crippen LogP contribution in [0.4, 0.5) is 0 Å². The molecule has 9 heteroatoms. The monoisotopic (exact) mass is 1350 g/mol. The first-order chi connectivity index (χ1) is 51.2. The molecule has 492 valence electrons. The fourth-order valence-corrected chi connectivity index (χ4v) is 18.4. The zero-order valence-corrected chi connectivity index (χ0v) is 58.6. The number of pyridine rings is 4. The maximum absolute atomic E-state index is 15.5. The van der Waals surface area contributed by atoms with Crippen molar-refractivity contribution in [1.82, 2.24) is 34.9 Å². The van der Waals surface area contributed by atoms with Gasteiger partial charge >= 0.3 is 0 Å². The summed E-state index contributed by atoms with van der Waals surface area (Å²) in [5.74, 6) is 1.87. The van der Waals surface area contributed by atoms with E-state index in [1.54, 1.807) is 0 Å². The van der Waals surface area contributed by atoms with Crippen molar-refractivity contribution in [2.75, 3.05) is 0 Å². The number of benzene rings is 14. The molecule has 8 nitrogen and oxygen atoms in total. The van der Waals surface area contributed by atoms with E-state index >= 15 is 4.57 Å². The van der Waals surface area contributed by atoms with E-state index < -0.39 is 7.14 Å². The van der Waals surface area contributed by atoms with Gasteiger partial charge in [-0.1, -0.05) is 291 Å². The summed E-state index contributed by atoms with van der Waals surface area (Å²) in [4.78, 5) is 36.5. The molecule has 0 aliphatic heterocycles. The number of fused-ring (bicyclic) bond motifs is 12. The molecular weight excluding hydrogens is 1290 g/mol. The standard InChI is InChI=1S/C49H33N5.C46H33N2OP/c1-30-42-38-26-13-15-28-40(38)51-46(44(42)31(2)41-37-25-12-14-27-39(37)50-45(43(30)41)32-17-6-3-7-18-32)35-23-16-24-36(29-35)49-53-47(33-19-8-4-9-20-33)52-48(54-49)34-21-10-5-11-22-34;1-30-42-38-26-13-15-28-40(38)48-46(33-19-16-24-36(29-33)50(49,34-20-8-4-9-21-34)35-22-10-5-11-23-35)44(42)31(2)41-37-25-12-14-27-39(37)47-45(43(30)41)32-17-6-3-7-18-32/h3-29H,1-2H3;3-29H,1-2H3. The van der Waals surface area contributed by atoms with E-state index in [0.29, 0.717) is 17.5 Å². The first-order valence-corrected chi connectivity index (χ1v) is 36.9. The predicted octanol–water partition coefficient (Wildman–Crippen LogP) is 22.9. The second-order valence-electron chi connectivity index (χ2n) is 26.6. The molecule has 0 radical (unpaired) electrons. The van der Waals surface area contributed by atoms with Gasteiger partial charge in [0.1, 0.15) is 0 Å². The Bertz CT molecular complexity index is 6560. The number of hydrogen-bond donors (Lipinski definition) is 0. The molecular formula is C95H66N7OP. The highest BCUT2D eigenvalue weighted by molar-refractivity contribution is 7.85. The smallest absolute Gasteiger partial charge is 0.171 e. The predicted molar refractivity (Wildman–Crippen MR) is 434 cm³/mol. The molecule has 0 N–H and O–H groups in total. The third kappa shape index (κ3) is 10.8. The zero-order chi connectivity index (χ0) is 70.0. The van der Waals surface area contributed by atoms with Crippen molar-refractivity contribution in [2.24, 2.45) is 0 Å². The fourth-order valence-electron chi connectivity index (χ4n) is 15.7. The van der Waals surface area contributed by atoms with E-state index in [4.69, 9.17) is 34.9 Å². The Morgan fingerprint density at radius 3 is 0.788 bits per heavy atom. The number of rotatable bonds is 10. The third-order valence-electron chi connectivity index (χ3n) is 20.5. The molecule has 0 bridgehead atoms. The minimum atomic E-state index is -3.20. The lowest BCUT2D eigenvalue weighted by Crippen LogP contribution is -2.25. The molecule has 0 saturated heterocycles. The van der Waals surface area contributed by atoms with Gasteiger partial charge in [-0.15, -0.1) is 0 Å². The van der Waals surface area contributed by atoms with E-state index in [2.05, 4.69) is 210 Å². The van der Waals surface area contributed by atoms with Crippen molar-refractivity contribution >= 4 is 110 Å². The average Bonchev–Trinajstić information content (AvgIpc) is 0.713. The summed E-state index contributed by atoms with van der Waals surface area (Å²) < 4.78 is 15.5. The summed E-state index contributed by atoms with van der Waals surface area (Å²) in [6.07, 6.45) is 0. The van der Waals surface area contributed by atoms with Gasteiger partial charge in [0, 0.05) is 97.9 Å². The Kier molecular flexibility index (Phi) is 15.9. The van der Waals surface area contributed by atoms with Crippen LogP contribution >= 0.6 is 7.14 Å². The van der Waals surface area contributed by atoms with Crippen LogP contribution in [0.25, 0.3) is 166 Å². The minimum absolute atomic E-state index is 0.609. The third-order valence-corrected chi connectivity index (χ3v) is 23.5. The van der Waals surface area contributed by atoms with Crippen LogP contribution in [-0.2, 0) is 4.57 Å². The highest BCUT2D eigenvalue weighted by atomic mass is 31.2. The Morgan fingerprint density at radius 2 is 0.442 bits per heavy atom. The van der Waals surface area contributed by atoms with Crippen molar-refractivity contribution in [3.63, 3.8) is 0 Å². The summed E-state index contributed by atoms with van der Waals surface area (Å²) >= 11 is 0. The van der Waals surface area contributed by atoms with E-state index in [-0.39, 0.29) is 0 Å². The second kappa shape index (κ2) is 26.2. The summed E-state index contributed by atoms with van der Waals surface area (Å²) in [6.45, 7) is 8.96. The normalized spacial score (nSPS) is 11.7.